The molecule has 0 radical (unpaired) electrons. The minimum Gasteiger partial charge on any atom is -0.485 e. The number of rotatable bonds is 4. The highest BCUT2D eigenvalue weighted by Crippen LogP contribution is 2.34. The molecule has 1 aliphatic heterocycles. The highest BCUT2D eigenvalue weighted by Gasteiger charge is 2.38. The van der Waals surface area contributed by atoms with E-state index in [1.54, 1.807) is 17.0 Å². The lowest BCUT2D eigenvalue weighted by Crippen LogP contribution is -2.40. The lowest BCUT2D eigenvalue weighted by Gasteiger charge is -2.25. The maximum atomic E-state index is 13.1. The Balaban J connectivity index is 1.38. The summed E-state index contributed by atoms with van der Waals surface area (Å²) in [5.74, 6) is 1.30. The highest BCUT2D eigenvalue weighted by molar-refractivity contribution is 6.02. The zero-order chi connectivity index (χ0) is 21.5. The summed E-state index contributed by atoms with van der Waals surface area (Å²) in [5, 5.41) is 0. The number of benzene rings is 2. The number of carbonyl (C=O) groups excluding carboxylic acids is 3. The molecule has 0 saturated heterocycles. The Morgan fingerprint density at radius 2 is 1.87 bits per heavy atom. The molecule has 2 aromatic carbocycles. The van der Waals surface area contributed by atoms with Gasteiger partial charge in [0.1, 0.15) is 24.0 Å². The van der Waals surface area contributed by atoms with Crippen LogP contribution in [0.4, 0.5) is 0 Å². The average Bonchev–Trinajstić information content (AvgIpc) is 3.22. The lowest BCUT2D eigenvalue weighted by atomic mass is 10.1. The molecule has 3 aromatic rings. The number of aromatic nitrogens is 2. The molecular formula is C24H23N3O4. The van der Waals surface area contributed by atoms with E-state index in [2.05, 4.69) is 4.98 Å². The number of ketones is 2. The zero-order valence-corrected chi connectivity index (χ0v) is 17.3. The van der Waals surface area contributed by atoms with Gasteiger partial charge in [-0.05, 0) is 30.7 Å². The number of imidazole rings is 1. The Bertz CT molecular complexity index is 1210. The number of ether oxygens (including phenoxy) is 1. The first-order valence-electron chi connectivity index (χ1n) is 10.5. The standard InChI is InChI=1S/C24H23N3O4/c1-26-19-7-3-2-6-18(19)25-23(26)14-31-22-8-4-5-16-17(22)13-27(24(16)30)20-11-9-15(28)10-12-21(20)29/h2-8,20H,9-14H2,1H3. The fraction of sp³-hybridized carbons (Fsp3) is 0.333. The Morgan fingerprint density at radius 1 is 1.03 bits per heavy atom. The third kappa shape index (κ3) is 3.40. The van der Waals surface area contributed by atoms with Gasteiger partial charge < -0.3 is 14.2 Å². The fourth-order valence-corrected chi connectivity index (χ4v) is 4.52. The third-order valence-electron chi connectivity index (χ3n) is 6.28. The molecule has 1 saturated carbocycles. The SMILES string of the molecule is Cn1c(COc2cccc3c2CN(C2CCC(=O)CCC2=O)C3=O)nc2ccccc21. The molecule has 1 aromatic heterocycles. The molecule has 0 spiro atoms. The summed E-state index contributed by atoms with van der Waals surface area (Å²) in [7, 11) is 1.95. The molecule has 1 unspecified atom stereocenters. The fourth-order valence-electron chi connectivity index (χ4n) is 4.52. The molecule has 0 bridgehead atoms. The van der Waals surface area contributed by atoms with E-state index in [1.165, 1.54) is 0 Å². The summed E-state index contributed by atoms with van der Waals surface area (Å²) in [5.41, 5.74) is 3.28. The van der Waals surface area contributed by atoms with Gasteiger partial charge >= 0.3 is 0 Å². The Labute approximate surface area is 179 Å². The quantitative estimate of drug-likeness (QED) is 0.609. The van der Waals surface area contributed by atoms with Crippen molar-refractivity contribution in [3.63, 3.8) is 0 Å². The third-order valence-corrected chi connectivity index (χ3v) is 6.28. The zero-order valence-electron chi connectivity index (χ0n) is 17.3. The normalized spacial score (nSPS) is 19.1. The number of nitrogens with zero attached hydrogens (tertiary/aromatic N) is 3. The second-order valence-electron chi connectivity index (χ2n) is 8.14. The van der Waals surface area contributed by atoms with Crippen LogP contribution in [0.15, 0.2) is 42.5 Å². The van der Waals surface area contributed by atoms with Crippen molar-refractivity contribution in [2.75, 3.05) is 0 Å². The molecule has 2 aliphatic rings. The summed E-state index contributed by atoms with van der Waals surface area (Å²) < 4.78 is 8.09. The van der Waals surface area contributed by atoms with Crippen LogP contribution < -0.4 is 4.74 Å². The largest absolute Gasteiger partial charge is 0.485 e. The van der Waals surface area contributed by atoms with Crippen LogP contribution in [0.3, 0.4) is 0 Å². The number of fused-ring (bicyclic) bond motifs is 2. The van der Waals surface area contributed by atoms with E-state index in [4.69, 9.17) is 4.74 Å². The van der Waals surface area contributed by atoms with Crippen LogP contribution >= 0.6 is 0 Å². The summed E-state index contributed by atoms with van der Waals surface area (Å²) in [4.78, 5) is 43.6. The number of amides is 1. The van der Waals surface area contributed by atoms with E-state index < -0.39 is 6.04 Å². The van der Waals surface area contributed by atoms with Gasteiger partial charge in [-0.2, -0.15) is 0 Å². The van der Waals surface area contributed by atoms with Crippen molar-refractivity contribution in [2.45, 2.75) is 44.9 Å². The van der Waals surface area contributed by atoms with Gasteiger partial charge in [-0.25, -0.2) is 4.98 Å². The van der Waals surface area contributed by atoms with E-state index in [1.807, 2.05) is 41.9 Å². The van der Waals surface area contributed by atoms with Gasteiger partial charge in [0, 0.05) is 37.4 Å². The van der Waals surface area contributed by atoms with Gasteiger partial charge in [0.05, 0.1) is 23.6 Å². The molecular weight excluding hydrogens is 394 g/mol. The van der Waals surface area contributed by atoms with Crippen molar-refractivity contribution in [2.24, 2.45) is 7.05 Å². The minimum atomic E-state index is -0.543. The Hall–Kier alpha value is -3.48. The number of hydrogen-bond donors (Lipinski definition) is 0. The second-order valence-corrected chi connectivity index (χ2v) is 8.14. The first-order chi connectivity index (χ1) is 15.0. The van der Waals surface area contributed by atoms with Gasteiger partial charge in [0.15, 0.2) is 5.78 Å². The molecule has 31 heavy (non-hydrogen) atoms. The van der Waals surface area contributed by atoms with Gasteiger partial charge in [-0.15, -0.1) is 0 Å². The van der Waals surface area contributed by atoms with Crippen molar-refractivity contribution < 1.29 is 19.1 Å². The number of aryl methyl sites for hydroxylation is 1. The van der Waals surface area contributed by atoms with Crippen molar-refractivity contribution >= 4 is 28.5 Å². The van der Waals surface area contributed by atoms with Crippen LogP contribution in [0.25, 0.3) is 11.0 Å². The van der Waals surface area contributed by atoms with Gasteiger partial charge in [0.25, 0.3) is 5.91 Å². The first-order valence-corrected chi connectivity index (χ1v) is 10.5. The molecule has 158 valence electrons. The van der Waals surface area contributed by atoms with Crippen LogP contribution in [0, 0.1) is 0 Å². The maximum Gasteiger partial charge on any atom is 0.255 e. The van der Waals surface area contributed by atoms with E-state index in [9.17, 15) is 14.4 Å². The van der Waals surface area contributed by atoms with Crippen molar-refractivity contribution in [1.29, 1.82) is 0 Å². The smallest absolute Gasteiger partial charge is 0.255 e. The molecule has 2 heterocycles. The van der Waals surface area contributed by atoms with Crippen LogP contribution in [0.2, 0.25) is 0 Å². The van der Waals surface area contributed by atoms with Gasteiger partial charge in [-0.3, -0.25) is 14.4 Å². The summed E-state index contributed by atoms with van der Waals surface area (Å²) in [6, 6.07) is 12.8. The Kier molecular flexibility index (Phi) is 4.81. The summed E-state index contributed by atoms with van der Waals surface area (Å²) in [6.07, 6.45) is 1.22. The van der Waals surface area contributed by atoms with E-state index in [0.29, 0.717) is 30.7 Å². The van der Waals surface area contributed by atoms with Gasteiger partial charge in [-0.1, -0.05) is 18.2 Å². The number of hydrogen-bond acceptors (Lipinski definition) is 5. The predicted molar refractivity (Wildman–Crippen MR) is 114 cm³/mol. The molecule has 7 nitrogen and oxygen atoms in total. The number of Topliss-reactive ketones (excluding diaryl/α,β-unsaturated/α-hetero) is 2. The molecule has 1 atom stereocenters. The van der Waals surface area contributed by atoms with Crippen LogP contribution in [-0.4, -0.2) is 38.0 Å². The van der Waals surface area contributed by atoms with Crippen LogP contribution in [0.5, 0.6) is 5.75 Å². The monoisotopic (exact) mass is 417 g/mol. The predicted octanol–water partition coefficient (Wildman–Crippen LogP) is 3.19. The highest BCUT2D eigenvalue weighted by atomic mass is 16.5. The number of para-hydroxylation sites is 2. The topological polar surface area (TPSA) is 81.5 Å². The van der Waals surface area contributed by atoms with Gasteiger partial charge in [0.2, 0.25) is 0 Å². The van der Waals surface area contributed by atoms with Crippen molar-refractivity contribution in [1.82, 2.24) is 14.5 Å². The second kappa shape index (κ2) is 7.65. The van der Waals surface area contributed by atoms with E-state index >= 15 is 0 Å². The maximum absolute atomic E-state index is 13.1. The molecule has 0 N–H and O–H groups in total. The van der Waals surface area contributed by atoms with Crippen molar-refractivity contribution in [3.8, 4) is 5.75 Å². The molecule has 1 aliphatic carbocycles. The first kappa shape index (κ1) is 19.5. The summed E-state index contributed by atoms with van der Waals surface area (Å²) >= 11 is 0. The molecule has 5 rings (SSSR count). The lowest BCUT2D eigenvalue weighted by molar-refractivity contribution is -0.124. The van der Waals surface area contributed by atoms with Crippen molar-refractivity contribution in [3.05, 3.63) is 59.4 Å². The van der Waals surface area contributed by atoms with Crippen LogP contribution in [-0.2, 0) is 29.8 Å². The summed E-state index contributed by atoms with van der Waals surface area (Å²) in [6.45, 7) is 0.587. The van der Waals surface area contributed by atoms with E-state index in [0.717, 1.165) is 22.4 Å². The average molecular weight is 417 g/mol. The molecule has 1 fully saturated rings. The van der Waals surface area contributed by atoms with Crippen LogP contribution in [0.1, 0.15) is 47.4 Å². The Morgan fingerprint density at radius 3 is 2.71 bits per heavy atom. The molecule has 1 amide bonds. The number of carbonyl (C=O) groups is 3. The van der Waals surface area contributed by atoms with E-state index in [-0.39, 0.29) is 36.9 Å². The molecule has 7 heteroatoms. The minimum absolute atomic E-state index is 0.0332.